The molecule has 23 heteroatoms. The fourth-order valence-electron chi connectivity index (χ4n) is 7.05. The van der Waals surface area contributed by atoms with Gasteiger partial charge in [-0.15, -0.1) is 0 Å². The van der Waals surface area contributed by atoms with Crippen molar-refractivity contribution in [1.29, 1.82) is 0 Å². The lowest BCUT2D eigenvalue weighted by atomic mass is 10.0. The van der Waals surface area contributed by atoms with Crippen LogP contribution in [0.4, 0.5) is 5.69 Å². The molecule has 1 aromatic carbocycles. The lowest BCUT2D eigenvalue weighted by Crippen LogP contribution is -2.47. The Labute approximate surface area is 421 Å². The van der Waals surface area contributed by atoms with Crippen LogP contribution in [0.2, 0.25) is 0 Å². The highest BCUT2D eigenvalue weighted by atomic mass is 16.7. The van der Waals surface area contributed by atoms with Crippen LogP contribution in [0.5, 0.6) is 0 Å². The maximum Gasteiger partial charge on any atom is 0.305 e. The zero-order valence-corrected chi connectivity index (χ0v) is 41.9. The Morgan fingerprint density at radius 2 is 1.21 bits per heavy atom. The summed E-state index contributed by atoms with van der Waals surface area (Å²) < 4.78 is 54.5. The average molecular weight is 1020 g/mol. The van der Waals surface area contributed by atoms with Gasteiger partial charge in [0.15, 0.2) is 0 Å². The van der Waals surface area contributed by atoms with Gasteiger partial charge in [-0.1, -0.05) is 19.1 Å². The number of hydrogen-bond donors (Lipinski definition) is 3. The van der Waals surface area contributed by atoms with E-state index in [1.54, 1.807) is 18.5 Å². The van der Waals surface area contributed by atoms with Crippen LogP contribution in [0.25, 0.3) is 17.2 Å². The first kappa shape index (κ1) is 59.5. The van der Waals surface area contributed by atoms with Crippen molar-refractivity contribution in [2.45, 2.75) is 52.0 Å². The predicted octanol–water partition coefficient (Wildman–Crippen LogP) is 2.47. The summed E-state index contributed by atoms with van der Waals surface area (Å²) in [6.45, 7) is 13.4. The predicted molar refractivity (Wildman–Crippen MR) is 262 cm³/mol. The summed E-state index contributed by atoms with van der Waals surface area (Å²) in [5.41, 5.74) is 9.46. The van der Waals surface area contributed by atoms with E-state index in [4.69, 9.17) is 63.0 Å². The number of amides is 3. The normalized spacial score (nSPS) is 14.4. The summed E-state index contributed by atoms with van der Waals surface area (Å²) in [5.74, 6) is -1.52. The Morgan fingerprint density at radius 1 is 0.708 bits per heavy atom. The number of amidine groups is 1. The van der Waals surface area contributed by atoms with E-state index in [0.29, 0.717) is 174 Å². The van der Waals surface area contributed by atoms with Crippen molar-refractivity contribution < 1.29 is 76.5 Å². The quantitative estimate of drug-likeness (QED) is 0.0638. The third-order valence-corrected chi connectivity index (χ3v) is 10.6. The monoisotopic (exact) mass is 1020 g/mol. The number of carbonyl (C=O) groups is 4. The number of carboxylic acids is 1. The summed E-state index contributed by atoms with van der Waals surface area (Å²) in [6.07, 6.45) is 7.04. The van der Waals surface area contributed by atoms with E-state index in [0.717, 1.165) is 17.5 Å². The Hall–Kier alpha value is -5.05. The summed E-state index contributed by atoms with van der Waals surface area (Å²) in [5, 5.41) is 12.8. The number of aliphatic imine (C=N–C) groups is 1. The van der Waals surface area contributed by atoms with Gasteiger partial charge in [0.2, 0.25) is 11.7 Å². The number of hydrogen-bond acceptors (Lipinski definition) is 19. The van der Waals surface area contributed by atoms with Crippen LogP contribution in [0.15, 0.2) is 41.2 Å². The number of benzene rings is 1. The Balaban J connectivity index is 0.950. The van der Waals surface area contributed by atoms with E-state index in [-0.39, 0.29) is 50.2 Å². The first-order chi connectivity index (χ1) is 35.2. The smallest absolute Gasteiger partial charge is 0.305 e. The third kappa shape index (κ3) is 23.7. The van der Waals surface area contributed by atoms with E-state index in [2.05, 4.69) is 20.3 Å². The molecule has 0 unspecified atom stereocenters. The number of carboxylic acid groups (broad SMARTS) is 1. The minimum absolute atomic E-state index is 0.00760. The lowest BCUT2D eigenvalue weighted by Gasteiger charge is -2.23. The maximum atomic E-state index is 13.5. The van der Waals surface area contributed by atoms with E-state index in [1.807, 2.05) is 32.0 Å². The van der Waals surface area contributed by atoms with Gasteiger partial charge < -0.3 is 68.4 Å². The molecule has 0 radical (unpaired) electrons. The van der Waals surface area contributed by atoms with Gasteiger partial charge >= 0.3 is 5.97 Å². The lowest BCUT2D eigenvalue weighted by molar-refractivity contribution is -0.180. The second-order valence-corrected chi connectivity index (χ2v) is 16.1. The molecule has 0 aliphatic carbocycles. The Bertz CT molecular complexity index is 1940. The highest BCUT2D eigenvalue weighted by Crippen LogP contribution is 2.32. The van der Waals surface area contributed by atoms with Crippen molar-refractivity contribution in [1.82, 2.24) is 25.2 Å². The number of hydroxylamine groups is 2. The molecule has 1 fully saturated rings. The van der Waals surface area contributed by atoms with Crippen molar-refractivity contribution in [3.63, 3.8) is 0 Å². The van der Waals surface area contributed by atoms with Crippen LogP contribution in [-0.4, -0.2) is 219 Å². The van der Waals surface area contributed by atoms with Gasteiger partial charge in [0.25, 0.3) is 11.8 Å². The molecular weight excluding hydrogens is 943 g/mol. The highest BCUT2D eigenvalue weighted by Gasteiger charge is 2.35. The number of aliphatic carboxylic acids is 1. The number of nitrogens with zero attached hydrogens (tertiary/aromatic N) is 5. The van der Waals surface area contributed by atoms with Gasteiger partial charge in [-0.05, 0) is 43.9 Å². The van der Waals surface area contributed by atoms with Gasteiger partial charge in [-0.25, -0.2) is 20.0 Å². The molecule has 4 N–H and O–H groups in total. The summed E-state index contributed by atoms with van der Waals surface area (Å²) in [4.78, 5) is 70.6. The second-order valence-electron chi connectivity index (χ2n) is 16.1. The summed E-state index contributed by atoms with van der Waals surface area (Å²) in [7, 11) is 0. The largest absolute Gasteiger partial charge is 0.481 e. The van der Waals surface area contributed by atoms with Gasteiger partial charge in [0, 0.05) is 55.1 Å². The number of nitrogens with two attached hydrogens (primary N) is 1. The number of rotatable bonds is 41. The number of ether oxygens (including phenoxy) is 10. The molecule has 3 heterocycles. The molecule has 0 spiro atoms. The van der Waals surface area contributed by atoms with Crippen LogP contribution < -0.4 is 11.1 Å². The molecule has 1 saturated heterocycles. The fraction of sp³-hybridized carbons (Fsp3) is 0.653. The zero-order chi connectivity index (χ0) is 51.4. The number of fused-ring (bicyclic) bond motifs is 1. The Morgan fingerprint density at radius 3 is 1.69 bits per heavy atom. The van der Waals surface area contributed by atoms with Crippen LogP contribution in [0, 0.1) is 0 Å². The van der Waals surface area contributed by atoms with Crippen molar-refractivity contribution in [3.05, 3.63) is 47.6 Å². The molecule has 23 nitrogen and oxygen atoms in total. The molecule has 4 rings (SSSR count). The molecule has 1 aromatic heterocycles. The number of nitrogens with one attached hydrogen (secondary N) is 1. The van der Waals surface area contributed by atoms with Gasteiger partial charge in [-0.2, -0.15) is 0 Å². The van der Waals surface area contributed by atoms with Crippen LogP contribution in [-0.2, 0) is 66.6 Å². The third-order valence-electron chi connectivity index (χ3n) is 10.6. The van der Waals surface area contributed by atoms with Crippen molar-refractivity contribution in [2.24, 2.45) is 10.7 Å². The van der Waals surface area contributed by atoms with Gasteiger partial charge in [0.05, 0.1) is 151 Å². The van der Waals surface area contributed by atoms with Crippen LogP contribution in [0.1, 0.15) is 62.1 Å². The van der Waals surface area contributed by atoms with E-state index in [9.17, 15) is 19.2 Å². The fourth-order valence-corrected chi connectivity index (χ4v) is 7.05. The highest BCUT2D eigenvalue weighted by molar-refractivity contribution is 6.05. The van der Waals surface area contributed by atoms with Gasteiger partial charge in [-0.3, -0.25) is 24.0 Å². The number of aromatic nitrogens is 2. The number of likely N-dealkylation sites (tertiary alicyclic amines) is 1. The Kier molecular flexibility index (Phi) is 30.4. The zero-order valence-electron chi connectivity index (χ0n) is 41.9. The SMILES string of the molecule is CCCN(OCC)C(=O)C1=Cc2ccc(-c3cnc(C(=O)N4CCC[C@@H]4C(=O)NCCOCCOCCOCCOCCOCCOCCOCCOCCOCCOCCC(=O)O)nc3)cc2N=C(N)C1. The van der Waals surface area contributed by atoms with Crippen molar-refractivity contribution in [2.75, 3.05) is 158 Å². The average Bonchev–Trinajstić information content (AvgIpc) is 3.81. The van der Waals surface area contributed by atoms with E-state index in [1.165, 1.54) is 9.96 Å². The first-order valence-electron chi connectivity index (χ1n) is 24.7. The minimum atomic E-state index is -0.886. The van der Waals surface area contributed by atoms with Crippen molar-refractivity contribution in [3.8, 4) is 11.1 Å². The molecule has 0 bridgehead atoms. The molecule has 402 valence electrons. The topological polar surface area (TPSA) is 273 Å². The summed E-state index contributed by atoms with van der Waals surface area (Å²) >= 11 is 0. The molecule has 3 amide bonds. The first-order valence-corrected chi connectivity index (χ1v) is 24.7. The molecule has 1 atom stereocenters. The second kappa shape index (κ2) is 36.8. The molecule has 2 aliphatic heterocycles. The van der Waals surface area contributed by atoms with E-state index >= 15 is 0 Å². The van der Waals surface area contributed by atoms with Crippen LogP contribution >= 0.6 is 0 Å². The standard InChI is InChI=1S/C49H75N7O16/c1-3-11-56(72-4-2)48(60)40-33-39-8-7-38(34-42(39)54-44(50)35-40)41-36-52-46(53-37-41)49(61)55-12-5-6-43(55)47(59)51-10-14-63-16-18-65-20-22-67-24-26-69-28-30-71-32-31-70-29-27-68-25-23-66-21-19-64-17-15-62-13-9-45(57)58/h7-8,33-34,36-37,43H,3-6,9-32,35H2,1-2H3,(H2,50,54)(H,51,59)(H,57,58)/t43-/m1/s1. The van der Waals surface area contributed by atoms with Gasteiger partial charge in [0.1, 0.15) is 11.9 Å². The van der Waals surface area contributed by atoms with E-state index < -0.39 is 17.9 Å². The maximum absolute atomic E-state index is 13.5. The van der Waals surface area contributed by atoms with Crippen LogP contribution in [0.3, 0.4) is 0 Å². The molecule has 72 heavy (non-hydrogen) atoms. The molecule has 2 aliphatic rings. The molecular formula is C49H75N7O16. The number of carbonyl (C=O) groups excluding carboxylic acids is 3. The summed E-state index contributed by atoms with van der Waals surface area (Å²) in [6, 6.07) is 4.92. The molecule has 2 aromatic rings. The molecule has 0 saturated carbocycles. The minimum Gasteiger partial charge on any atom is -0.481 e. The van der Waals surface area contributed by atoms with Crippen molar-refractivity contribution >= 4 is 41.3 Å².